The van der Waals surface area contributed by atoms with E-state index in [0.29, 0.717) is 0 Å². The Labute approximate surface area is 118 Å². The first-order valence-corrected chi connectivity index (χ1v) is 6.86. The molecule has 3 rings (SSSR count). The Morgan fingerprint density at radius 2 is 2.05 bits per heavy atom. The Hall–Kier alpha value is -1.80. The maximum atomic E-state index is 6.36. The minimum absolute atomic E-state index is 0.769. The van der Waals surface area contributed by atoms with Crippen molar-refractivity contribution in [1.82, 2.24) is 4.98 Å². The lowest BCUT2D eigenvalue weighted by Crippen LogP contribution is -2.22. The summed E-state index contributed by atoms with van der Waals surface area (Å²) in [6.07, 6.45) is 5.19. The van der Waals surface area contributed by atoms with Crippen LogP contribution in [0.4, 0.5) is 11.5 Å². The van der Waals surface area contributed by atoms with E-state index in [4.69, 9.17) is 11.6 Å². The lowest BCUT2D eigenvalue weighted by molar-refractivity contribution is 0.979. The molecule has 0 unspecified atom stereocenters. The summed E-state index contributed by atoms with van der Waals surface area (Å²) >= 11 is 6.36. The SMILES string of the molecule is CCc1cccc(N2CC=Cc3cccc(Cl)c32)n1. The second-order valence-electron chi connectivity index (χ2n) is 4.53. The molecule has 1 aliphatic rings. The molecule has 0 amide bonds. The van der Waals surface area contributed by atoms with Crippen LogP contribution in [0.5, 0.6) is 0 Å². The number of nitrogens with zero attached hydrogens (tertiary/aromatic N) is 2. The van der Waals surface area contributed by atoms with Gasteiger partial charge in [0.25, 0.3) is 0 Å². The largest absolute Gasteiger partial charge is 0.321 e. The Morgan fingerprint density at radius 1 is 1.21 bits per heavy atom. The number of fused-ring (bicyclic) bond motifs is 1. The van der Waals surface area contributed by atoms with Crippen molar-refractivity contribution in [3.63, 3.8) is 0 Å². The summed E-state index contributed by atoms with van der Waals surface area (Å²) in [6, 6.07) is 12.1. The number of aromatic nitrogens is 1. The molecule has 2 heterocycles. The van der Waals surface area contributed by atoms with Crippen LogP contribution in [0.15, 0.2) is 42.5 Å². The average molecular weight is 271 g/mol. The fourth-order valence-electron chi connectivity index (χ4n) is 2.35. The van der Waals surface area contributed by atoms with Gasteiger partial charge in [-0.2, -0.15) is 0 Å². The number of hydrogen-bond acceptors (Lipinski definition) is 2. The summed E-state index contributed by atoms with van der Waals surface area (Å²) in [5.74, 6) is 0.957. The van der Waals surface area contributed by atoms with Gasteiger partial charge in [-0.25, -0.2) is 4.98 Å². The van der Waals surface area contributed by atoms with Crippen molar-refractivity contribution in [1.29, 1.82) is 0 Å². The van der Waals surface area contributed by atoms with Crippen LogP contribution in [-0.4, -0.2) is 11.5 Å². The van der Waals surface area contributed by atoms with Gasteiger partial charge in [-0.15, -0.1) is 0 Å². The highest BCUT2D eigenvalue weighted by Crippen LogP contribution is 2.37. The molecule has 2 aromatic rings. The fourth-order valence-corrected chi connectivity index (χ4v) is 2.63. The lowest BCUT2D eigenvalue weighted by Gasteiger charge is -2.28. The molecule has 0 saturated carbocycles. The summed E-state index contributed by atoms with van der Waals surface area (Å²) in [7, 11) is 0. The monoisotopic (exact) mass is 270 g/mol. The number of aryl methyl sites for hydroxylation is 1. The first-order valence-electron chi connectivity index (χ1n) is 6.48. The van der Waals surface area contributed by atoms with E-state index in [1.165, 1.54) is 0 Å². The molecule has 0 atom stereocenters. The zero-order chi connectivity index (χ0) is 13.2. The van der Waals surface area contributed by atoms with Gasteiger partial charge in [-0.3, -0.25) is 0 Å². The standard InChI is InChI=1S/C16H15ClN2/c1-2-13-8-4-10-15(18-13)19-11-5-7-12-6-3-9-14(17)16(12)19/h3-10H,2,11H2,1H3. The molecule has 0 N–H and O–H groups in total. The van der Waals surface area contributed by atoms with E-state index in [9.17, 15) is 0 Å². The van der Waals surface area contributed by atoms with Crippen LogP contribution >= 0.6 is 11.6 Å². The fraction of sp³-hybridized carbons (Fsp3) is 0.188. The number of para-hydroxylation sites is 1. The zero-order valence-corrected chi connectivity index (χ0v) is 11.6. The number of halogens is 1. The van der Waals surface area contributed by atoms with Crippen molar-refractivity contribution in [3.05, 3.63) is 58.8 Å². The summed E-state index contributed by atoms with van der Waals surface area (Å²) in [6.45, 7) is 2.92. The van der Waals surface area contributed by atoms with Crippen molar-refractivity contribution in [2.45, 2.75) is 13.3 Å². The van der Waals surface area contributed by atoms with Crippen LogP contribution < -0.4 is 4.90 Å². The number of benzene rings is 1. The number of rotatable bonds is 2. The van der Waals surface area contributed by atoms with Crippen molar-refractivity contribution in [2.24, 2.45) is 0 Å². The van der Waals surface area contributed by atoms with E-state index in [0.717, 1.165) is 40.8 Å². The molecule has 0 radical (unpaired) electrons. The van der Waals surface area contributed by atoms with Gasteiger partial charge in [-0.05, 0) is 30.2 Å². The maximum Gasteiger partial charge on any atom is 0.133 e. The van der Waals surface area contributed by atoms with E-state index in [-0.39, 0.29) is 0 Å². The third-order valence-corrected chi connectivity index (χ3v) is 3.61. The van der Waals surface area contributed by atoms with E-state index in [1.807, 2.05) is 18.2 Å². The third-order valence-electron chi connectivity index (χ3n) is 3.30. The van der Waals surface area contributed by atoms with E-state index in [1.54, 1.807) is 0 Å². The molecular formula is C16H15ClN2. The molecule has 0 bridgehead atoms. The van der Waals surface area contributed by atoms with Crippen LogP contribution in [0.1, 0.15) is 18.2 Å². The minimum atomic E-state index is 0.769. The van der Waals surface area contributed by atoms with E-state index >= 15 is 0 Å². The second-order valence-corrected chi connectivity index (χ2v) is 4.94. The molecule has 19 heavy (non-hydrogen) atoms. The first kappa shape index (κ1) is 12.2. The van der Waals surface area contributed by atoms with Gasteiger partial charge in [0.1, 0.15) is 5.82 Å². The molecule has 96 valence electrons. The topological polar surface area (TPSA) is 16.1 Å². The zero-order valence-electron chi connectivity index (χ0n) is 10.8. The summed E-state index contributed by atoms with van der Waals surface area (Å²) in [4.78, 5) is 6.85. The predicted molar refractivity (Wildman–Crippen MR) is 81.1 cm³/mol. The predicted octanol–water partition coefficient (Wildman–Crippen LogP) is 4.46. The Morgan fingerprint density at radius 3 is 2.89 bits per heavy atom. The average Bonchev–Trinajstić information content (AvgIpc) is 2.47. The molecule has 0 spiro atoms. The van der Waals surface area contributed by atoms with Gasteiger partial charge in [0.05, 0.1) is 10.7 Å². The minimum Gasteiger partial charge on any atom is -0.321 e. The van der Waals surface area contributed by atoms with Crippen molar-refractivity contribution >= 4 is 29.2 Å². The molecule has 1 aliphatic heterocycles. The number of hydrogen-bond donors (Lipinski definition) is 0. The molecule has 1 aromatic carbocycles. The first-order chi connectivity index (χ1) is 9.29. The Balaban J connectivity index is 2.10. The molecule has 3 heteroatoms. The third kappa shape index (κ3) is 2.24. The van der Waals surface area contributed by atoms with Crippen LogP contribution in [-0.2, 0) is 6.42 Å². The number of anilines is 2. The Bertz CT molecular complexity index is 634. The normalized spacial score (nSPS) is 13.5. The number of pyridine rings is 1. The van der Waals surface area contributed by atoms with Gasteiger partial charge >= 0.3 is 0 Å². The van der Waals surface area contributed by atoms with Gasteiger partial charge in [0, 0.05) is 12.2 Å². The van der Waals surface area contributed by atoms with E-state index in [2.05, 4.69) is 47.2 Å². The maximum absolute atomic E-state index is 6.36. The summed E-state index contributed by atoms with van der Waals surface area (Å²) < 4.78 is 0. The molecule has 2 nitrogen and oxygen atoms in total. The van der Waals surface area contributed by atoms with Crippen molar-refractivity contribution in [2.75, 3.05) is 11.4 Å². The van der Waals surface area contributed by atoms with Gasteiger partial charge < -0.3 is 4.90 Å². The molecular weight excluding hydrogens is 256 g/mol. The Kier molecular flexibility index (Phi) is 3.26. The molecule has 0 saturated heterocycles. The lowest BCUT2D eigenvalue weighted by atomic mass is 10.1. The van der Waals surface area contributed by atoms with Crippen molar-refractivity contribution in [3.8, 4) is 0 Å². The van der Waals surface area contributed by atoms with Crippen LogP contribution in [0.3, 0.4) is 0 Å². The van der Waals surface area contributed by atoms with Crippen LogP contribution in [0.25, 0.3) is 6.08 Å². The van der Waals surface area contributed by atoms with Gasteiger partial charge in [0.15, 0.2) is 0 Å². The summed E-state index contributed by atoms with van der Waals surface area (Å²) in [5, 5.41) is 0.769. The van der Waals surface area contributed by atoms with Crippen LogP contribution in [0, 0.1) is 0 Å². The molecule has 1 aromatic heterocycles. The smallest absolute Gasteiger partial charge is 0.133 e. The van der Waals surface area contributed by atoms with Gasteiger partial charge in [-0.1, -0.05) is 48.9 Å². The molecule has 0 fully saturated rings. The van der Waals surface area contributed by atoms with Crippen LogP contribution in [0.2, 0.25) is 5.02 Å². The quantitative estimate of drug-likeness (QED) is 0.801. The highest BCUT2D eigenvalue weighted by Gasteiger charge is 2.18. The highest BCUT2D eigenvalue weighted by atomic mass is 35.5. The van der Waals surface area contributed by atoms with E-state index < -0.39 is 0 Å². The second kappa shape index (κ2) is 5.06. The van der Waals surface area contributed by atoms with Crippen molar-refractivity contribution < 1.29 is 0 Å². The highest BCUT2D eigenvalue weighted by molar-refractivity contribution is 6.33. The van der Waals surface area contributed by atoms with Gasteiger partial charge in [0.2, 0.25) is 0 Å². The summed E-state index contributed by atoms with van der Waals surface area (Å²) in [5.41, 5.74) is 3.29. The molecule has 0 aliphatic carbocycles.